The van der Waals surface area contributed by atoms with E-state index in [1.54, 1.807) is 20.3 Å². The molecule has 0 spiro atoms. The first-order chi connectivity index (χ1) is 14.2. The zero-order chi connectivity index (χ0) is 21.9. The minimum Gasteiger partial charge on any atom is -0.497 e. The van der Waals surface area contributed by atoms with Crippen molar-refractivity contribution >= 4 is 27.2 Å². The molecule has 0 N–H and O–H groups in total. The van der Waals surface area contributed by atoms with Crippen LogP contribution < -0.4 is 9.47 Å². The number of rotatable bonds is 6. The molecule has 2 heterocycles. The predicted octanol–water partition coefficient (Wildman–Crippen LogP) is 6.07. The van der Waals surface area contributed by atoms with Gasteiger partial charge in [-0.05, 0) is 36.9 Å². The largest absolute Gasteiger partial charge is 0.497 e. The van der Waals surface area contributed by atoms with E-state index in [4.69, 9.17) is 9.47 Å². The van der Waals surface area contributed by atoms with Gasteiger partial charge in [0.05, 0.1) is 19.9 Å². The summed E-state index contributed by atoms with van der Waals surface area (Å²) in [6, 6.07) is 7.95. The molecule has 0 aliphatic rings. The number of nitrogens with zero attached hydrogens (tertiary/aromatic N) is 3. The summed E-state index contributed by atoms with van der Waals surface area (Å²) in [5.74, 6) is 1.33. The molecule has 30 heavy (non-hydrogen) atoms. The second kappa shape index (κ2) is 9.13. The van der Waals surface area contributed by atoms with E-state index in [9.17, 15) is 13.2 Å². The van der Waals surface area contributed by atoms with Gasteiger partial charge in [-0.2, -0.15) is 17.5 Å². The number of alkyl halides is 3. The summed E-state index contributed by atoms with van der Waals surface area (Å²) in [6.07, 6.45) is -1.25. The molecule has 0 amide bonds. The molecule has 160 valence electrons. The molecule has 0 saturated heterocycles. The van der Waals surface area contributed by atoms with Crippen LogP contribution >= 0.6 is 11.3 Å². The second-order valence-corrected chi connectivity index (χ2v) is 9.09. The molecule has 2 atom stereocenters. The minimum absolute atomic E-state index is 0.0948. The first kappa shape index (κ1) is 22.2. The van der Waals surface area contributed by atoms with Crippen molar-refractivity contribution in [3.05, 3.63) is 53.2 Å². The summed E-state index contributed by atoms with van der Waals surface area (Å²) >= 11 is 1.40. The predicted molar refractivity (Wildman–Crippen MR) is 114 cm³/mol. The number of ether oxygens (including phenoxy) is 2. The molecular weight excluding hydrogens is 435 g/mol. The zero-order valence-corrected chi connectivity index (χ0v) is 18.4. The Morgan fingerprint density at radius 2 is 1.90 bits per heavy atom. The van der Waals surface area contributed by atoms with Gasteiger partial charge in [-0.1, -0.05) is 16.8 Å². The molecule has 0 aliphatic carbocycles. The fraction of sp³-hybridized carbons (Fsp3) is 0.300. The number of hydrogen-bond acceptors (Lipinski definition) is 6. The van der Waals surface area contributed by atoms with Crippen molar-refractivity contribution in [3.8, 4) is 22.8 Å². The normalized spacial score (nSPS) is 13.8. The molecule has 5 nitrogen and oxygen atoms in total. The summed E-state index contributed by atoms with van der Waals surface area (Å²) in [5, 5.41) is 2.40. The van der Waals surface area contributed by atoms with Gasteiger partial charge in [-0.3, -0.25) is 4.98 Å². The van der Waals surface area contributed by atoms with E-state index in [1.807, 2.05) is 30.7 Å². The third-order valence-electron chi connectivity index (χ3n) is 4.46. The van der Waals surface area contributed by atoms with Crippen molar-refractivity contribution in [1.82, 2.24) is 9.97 Å². The third-order valence-corrected chi connectivity index (χ3v) is 7.06. The van der Waals surface area contributed by atoms with E-state index >= 15 is 0 Å². The fourth-order valence-corrected chi connectivity index (χ4v) is 4.70. The Hall–Kier alpha value is -2.46. The van der Waals surface area contributed by atoms with E-state index < -0.39 is 22.6 Å². The molecule has 0 radical (unpaired) electrons. The van der Waals surface area contributed by atoms with E-state index in [2.05, 4.69) is 14.3 Å². The maximum atomic E-state index is 12.7. The van der Waals surface area contributed by atoms with Gasteiger partial charge in [0.1, 0.15) is 17.2 Å². The Morgan fingerprint density at radius 3 is 2.50 bits per heavy atom. The maximum Gasteiger partial charge on any atom is 0.433 e. The smallest absolute Gasteiger partial charge is 0.433 e. The summed E-state index contributed by atoms with van der Waals surface area (Å²) < 4.78 is 53.4. The molecule has 0 saturated carbocycles. The molecule has 1 aromatic carbocycles. The highest BCUT2D eigenvalue weighted by Crippen LogP contribution is 2.36. The lowest BCUT2D eigenvalue weighted by Gasteiger charge is -2.13. The highest BCUT2D eigenvalue weighted by atomic mass is 32.2. The van der Waals surface area contributed by atoms with Crippen molar-refractivity contribution in [2.24, 2.45) is 4.36 Å². The van der Waals surface area contributed by atoms with E-state index in [-0.39, 0.29) is 5.25 Å². The van der Waals surface area contributed by atoms with Gasteiger partial charge in [0, 0.05) is 28.5 Å². The number of thiazole rings is 1. The van der Waals surface area contributed by atoms with Gasteiger partial charge in [0.15, 0.2) is 0 Å². The molecule has 10 heteroatoms. The lowest BCUT2D eigenvalue weighted by atomic mass is 10.1. The number of halogens is 3. The van der Waals surface area contributed by atoms with Crippen LogP contribution in [0.4, 0.5) is 18.3 Å². The van der Waals surface area contributed by atoms with Crippen LogP contribution in [0.2, 0.25) is 0 Å². The lowest BCUT2D eigenvalue weighted by molar-refractivity contribution is -0.141. The summed E-state index contributed by atoms with van der Waals surface area (Å²) in [4.78, 5) is 8.12. The number of aromatic nitrogens is 2. The first-order valence-corrected chi connectivity index (χ1v) is 11.3. The Morgan fingerprint density at radius 1 is 1.13 bits per heavy atom. The molecule has 2 aromatic heterocycles. The molecule has 3 aromatic rings. The topological polar surface area (TPSA) is 56.6 Å². The lowest BCUT2D eigenvalue weighted by Crippen LogP contribution is -2.09. The summed E-state index contributed by atoms with van der Waals surface area (Å²) in [5.41, 5.74) is 1.36. The van der Waals surface area contributed by atoms with E-state index in [1.165, 1.54) is 23.6 Å². The summed E-state index contributed by atoms with van der Waals surface area (Å²) in [7, 11) is 2.67. The van der Waals surface area contributed by atoms with Crippen LogP contribution in [0, 0.1) is 0 Å². The van der Waals surface area contributed by atoms with Crippen LogP contribution in [-0.4, -0.2) is 30.4 Å². The van der Waals surface area contributed by atoms with Crippen molar-refractivity contribution in [3.63, 3.8) is 0 Å². The van der Waals surface area contributed by atoms with E-state index in [0.29, 0.717) is 22.2 Å². The van der Waals surface area contributed by atoms with Crippen LogP contribution in [-0.2, 0) is 16.9 Å². The molecule has 2 unspecified atom stereocenters. The SMILES string of the molecule is COc1ccc(-c2csc(N=S(C)C(C)c3ccc(C(F)(F)F)nc3)n2)c(OC)c1. The summed E-state index contributed by atoms with van der Waals surface area (Å²) in [6.45, 7) is 1.91. The monoisotopic (exact) mass is 455 g/mol. The third kappa shape index (κ3) is 4.99. The van der Waals surface area contributed by atoms with Crippen LogP contribution in [0.1, 0.15) is 23.4 Å². The van der Waals surface area contributed by atoms with Crippen molar-refractivity contribution in [2.75, 3.05) is 20.5 Å². The van der Waals surface area contributed by atoms with Crippen molar-refractivity contribution in [2.45, 2.75) is 18.3 Å². The van der Waals surface area contributed by atoms with Gasteiger partial charge in [-0.25, -0.2) is 4.98 Å². The Kier molecular flexibility index (Phi) is 6.77. The van der Waals surface area contributed by atoms with Crippen LogP contribution in [0.25, 0.3) is 11.3 Å². The highest BCUT2D eigenvalue weighted by Gasteiger charge is 2.32. The average molecular weight is 456 g/mol. The molecular formula is C20H20F3N3O2S2. The highest BCUT2D eigenvalue weighted by molar-refractivity contribution is 7.87. The first-order valence-electron chi connectivity index (χ1n) is 8.80. The maximum absolute atomic E-state index is 12.7. The quantitative estimate of drug-likeness (QED) is 0.453. The number of pyridine rings is 1. The molecule has 0 bridgehead atoms. The number of hydrogen-bond donors (Lipinski definition) is 0. The van der Waals surface area contributed by atoms with Gasteiger partial charge in [-0.15, -0.1) is 11.3 Å². The number of methoxy groups -OCH3 is 2. The number of benzene rings is 1. The average Bonchev–Trinajstić information content (AvgIpc) is 3.20. The van der Waals surface area contributed by atoms with Crippen molar-refractivity contribution in [1.29, 1.82) is 0 Å². The van der Waals surface area contributed by atoms with Crippen LogP contribution in [0.3, 0.4) is 0 Å². The van der Waals surface area contributed by atoms with Crippen molar-refractivity contribution < 1.29 is 22.6 Å². The molecule has 3 rings (SSSR count). The van der Waals surface area contributed by atoms with Gasteiger partial charge in [0.2, 0.25) is 5.13 Å². The molecule has 0 fully saturated rings. The van der Waals surface area contributed by atoms with Crippen LogP contribution in [0.5, 0.6) is 11.5 Å². The van der Waals surface area contributed by atoms with Gasteiger partial charge in [0.25, 0.3) is 0 Å². The second-order valence-electron chi connectivity index (χ2n) is 6.31. The Bertz CT molecular complexity index is 1050. The van der Waals surface area contributed by atoms with Gasteiger partial charge >= 0.3 is 6.18 Å². The van der Waals surface area contributed by atoms with E-state index in [0.717, 1.165) is 17.3 Å². The van der Waals surface area contributed by atoms with Gasteiger partial charge < -0.3 is 9.47 Å². The van der Waals surface area contributed by atoms with Crippen LogP contribution in [0.15, 0.2) is 46.3 Å². The minimum atomic E-state index is -4.44. The Labute approximate surface area is 179 Å². The Balaban J connectivity index is 1.82. The standard InChI is InChI=1S/C20H20F3N3O2S2/c1-12(13-5-8-18(24-10-13)20(21,22)23)30(4)26-19-25-16(11-29-19)15-7-6-14(27-2)9-17(15)28-3/h5-12H,1-4H3. The molecule has 0 aliphatic heterocycles. The fourth-order valence-electron chi connectivity index (χ4n) is 2.65. The zero-order valence-electron chi connectivity index (χ0n) is 16.7.